The molecule has 0 bridgehead atoms. The Hall–Kier alpha value is -3.55. The molecule has 0 saturated carbocycles. The number of amides is 1. The quantitative estimate of drug-likeness (QED) is 0.313. The number of hydrogen-bond acceptors (Lipinski definition) is 3. The molecule has 4 N–H and O–H groups in total. The van der Waals surface area contributed by atoms with E-state index in [9.17, 15) is 9.18 Å². The highest BCUT2D eigenvalue weighted by molar-refractivity contribution is 5.85. The summed E-state index contributed by atoms with van der Waals surface area (Å²) in [5, 5.41) is 10.1. The summed E-state index contributed by atoms with van der Waals surface area (Å²) in [4.78, 5) is 19.6. The van der Waals surface area contributed by atoms with Crippen molar-refractivity contribution in [3.05, 3.63) is 65.6 Å². The Morgan fingerprint density at radius 3 is 2.68 bits per heavy atom. The Labute approximate surface area is 181 Å². The van der Waals surface area contributed by atoms with E-state index in [1.54, 1.807) is 13.2 Å². The van der Waals surface area contributed by atoms with E-state index in [4.69, 9.17) is 4.74 Å². The van der Waals surface area contributed by atoms with Gasteiger partial charge in [0.1, 0.15) is 18.1 Å². The van der Waals surface area contributed by atoms with Crippen LogP contribution in [0.25, 0.3) is 10.9 Å². The molecule has 0 spiro atoms. The van der Waals surface area contributed by atoms with Crippen molar-refractivity contribution >= 4 is 22.8 Å². The van der Waals surface area contributed by atoms with Gasteiger partial charge in [-0.15, -0.1) is 0 Å². The summed E-state index contributed by atoms with van der Waals surface area (Å²) in [5.41, 5.74) is 2.92. The van der Waals surface area contributed by atoms with Crippen molar-refractivity contribution in [2.24, 2.45) is 4.99 Å². The van der Waals surface area contributed by atoms with Gasteiger partial charge in [-0.05, 0) is 54.8 Å². The molecule has 1 amide bonds. The Morgan fingerprint density at radius 1 is 1.13 bits per heavy atom. The van der Waals surface area contributed by atoms with Crippen LogP contribution in [-0.2, 0) is 17.8 Å². The Balaban J connectivity index is 1.48. The molecule has 0 fully saturated rings. The predicted molar refractivity (Wildman–Crippen MR) is 121 cm³/mol. The second kappa shape index (κ2) is 11.0. The highest BCUT2D eigenvalue weighted by atomic mass is 19.1. The highest BCUT2D eigenvalue weighted by Crippen LogP contribution is 2.19. The molecule has 8 heteroatoms. The Morgan fingerprint density at radius 2 is 1.94 bits per heavy atom. The number of aromatic nitrogens is 1. The largest absolute Gasteiger partial charge is 0.497 e. The molecule has 3 rings (SSSR count). The molecule has 0 unspecified atom stereocenters. The van der Waals surface area contributed by atoms with E-state index in [0.717, 1.165) is 27.8 Å². The van der Waals surface area contributed by atoms with Crippen LogP contribution in [0.15, 0.2) is 53.7 Å². The number of methoxy groups -OCH3 is 1. The van der Waals surface area contributed by atoms with Crippen molar-refractivity contribution in [3.8, 4) is 5.75 Å². The van der Waals surface area contributed by atoms with Gasteiger partial charge < -0.3 is 25.7 Å². The fourth-order valence-electron chi connectivity index (χ4n) is 3.17. The molecule has 164 valence electrons. The lowest BCUT2D eigenvalue weighted by Gasteiger charge is -2.11. The number of rotatable bonds is 9. The lowest BCUT2D eigenvalue weighted by molar-refractivity contribution is -0.119. The molecule has 3 aromatic rings. The number of fused-ring (bicyclic) bond motifs is 1. The number of halogens is 1. The fraction of sp³-hybridized carbons (Fsp3) is 0.304. The van der Waals surface area contributed by atoms with Crippen molar-refractivity contribution in [1.82, 2.24) is 20.9 Å². The van der Waals surface area contributed by atoms with Crippen LogP contribution >= 0.6 is 0 Å². The summed E-state index contributed by atoms with van der Waals surface area (Å²) in [6.07, 6.45) is 2.58. The molecule has 1 aromatic heterocycles. The smallest absolute Gasteiger partial charge is 0.242 e. The van der Waals surface area contributed by atoms with E-state index >= 15 is 0 Å². The zero-order chi connectivity index (χ0) is 22.1. The average Bonchev–Trinajstić information content (AvgIpc) is 3.18. The number of nitrogens with one attached hydrogen (secondary N) is 4. The predicted octanol–water partition coefficient (Wildman–Crippen LogP) is 2.73. The number of carbonyl (C=O) groups excluding carboxylic acids is 1. The molecular formula is C23H28FN5O2. The van der Waals surface area contributed by atoms with Crippen LogP contribution in [0.3, 0.4) is 0 Å². The minimum atomic E-state index is -0.253. The number of H-pyrrole nitrogens is 1. The maximum absolute atomic E-state index is 13.5. The van der Waals surface area contributed by atoms with E-state index in [1.165, 1.54) is 12.1 Å². The molecule has 0 radical (unpaired) electrons. The molecule has 31 heavy (non-hydrogen) atoms. The minimum Gasteiger partial charge on any atom is -0.497 e. The van der Waals surface area contributed by atoms with E-state index in [1.807, 2.05) is 37.4 Å². The van der Waals surface area contributed by atoms with E-state index in [0.29, 0.717) is 32.0 Å². The van der Waals surface area contributed by atoms with Crippen molar-refractivity contribution in [1.29, 1.82) is 0 Å². The fourth-order valence-corrected chi connectivity index (χ4v) is 3.17. The van der Waals surface area contributed by atoms with Crippen LogP contribution in [0.4, 0.5) is 4.39 Å². The lowest BCUT2D eigenvalue weighted by atomic mass is 10.1. The average molecular weight is 426 g/mol. The van der Waals surface area contributed by atoms with Gasteiger partial charge in [0.25, 0.3) is 0 Å². The van der Waals surface area contributed by atoms with Crippen LogP contribution in [-0.4, -0.2) is 43.6 Å². The van der Waals surface area contributed by atoms with Crippen molar-refractivity contribution in [2.75, 3.05) is 26.7 Å². The first-order chi connectivity index (χ1) is 15.1. The first-order valence-corrected chi connectivity index (χ1v) is 10.3. The van der Waals surface area contributed by atoms with Gasteiger partial charge in [0.15, 0.2) is 5.96 Å². The Kier molecular flexibility index (Phi) is 7.86. The van der Waals surface area contributed by atoms with Crippen LogP contribution in [0.2, 0.25) is 0 Å². The molecular weight excluding hydrogens is 397 g/mol. The number of guanidine groups is 1. The van der Waals surface area contributed by atoms with E-state index < -0.39 is 0 Å². The SMILES string of the molecule is CCNC(=NCC(=O)NCc1ccc(OC)cc1)NCCc1c[nH]c2ccc(F)cc12. The summed E-state index contributed by atoms with van der Waals surface area (Å²) < 4.78 is 18.7. The van der Waals surface area contributed by atoms with Crippen molar-refractivity contribution < 1.29 is 13.9 Å². The third-order valence-corrected chi connectivity index (χ3v) is 4.79. The van der Waals surface area contributed by atoms with Gasteiger partial charge in [-0.1, -0.05) is 12.1 Å². The molecule has 0 aliphatic carbocycles. The first-order valence-electron chi connectivity index (χ1n) is 10.3. The van der Waals surface area contributed by atoms with Gasteiger partial charge in [-0.3, -0.25) is 4.79 Å². The third-order valence-electron chi connectivity index (χ3n) is 4.79. The molecule has 7 nitrogen and oxygen atoms in total. The van der Waals surface area contributed by atoms with Gasteiger partial charge in [-0.2, -0.15) is 0 Å². The molecule has 2 aromatic carbocycles. The molecule has 0 saturated heterocycles. The van der Waals surface area contributed by atoms with Crippen LogP contribution < -0.4 is 20.7 Å². The number of benzene rings is 2. The topological polar surface area (TPSA) is 90.5 Å². The van der Waals surface area contributed by atoms with E-state index in [-0.39, 0.29) is 18.3 Å². The van der Waals surface area contributed by atoms with E-state index in [2.05, 4.69) is 25.9 Å². The maximum Gasteiger partial charge on any atom is 0.242 e. The second-order valence-corrected chi connectivity index (χ2v) is 7.00. The third kappa shape index (κ3) is 6.47. The first kappa shape index (κ1) is 22.1. The molecule has 0 aliphatic heterocycles. The summed E-state index contributed by atoms with van der Waals surface area (Å²) in [5.74, 6) is 0.920. The molecule has 0 atom stereocenters. The standard InChI is InChI=1S/C23H28FN5O2/c1-3-25-23(26-11-10-17-14-27-21-9-6-18(24)12-20(17)21)29-15-22(30)28-13-16-4-7-19(31-2)8-5-16/h4-9,12,14,27H,3,10-11,13,15H2,1-2H3,(H,28,30)(H2,25,26,29). The van der Waals surface area contributed by atoms with Gasteiger partial charge in [0.05, 0.1) is 7.11 Å². The number of aromatic amines is 1. The zero-order valence-electron chi connectivity index (χ0n) is 17.8. The summed E-state index contributed by atoms with van der Waals surface area (Å²) in [6.45, 7) is 3.69. The van der Waals surface area contributed by atoms with Crippen LogP contribution in [0.1, 0.15) is 18.1 Å². The zero-order valence-corrected chi connectivity index (χ0v) is 17.8. The number of nitrogens with zero attached hydrogens (tertiary/aromatic N) is 1. The normalized spacial score (nSPS) is 11.4. The summed E-state index contributed by atoms with van der Waals surface area (Å²) in [6, 6.07) is 12.2. The number of aliphatic imine (C=N–C) groups is 1. The molecule has 1 heterocycles. The van der Waals surface area contributed by atoms with Gasteiger partial charge in [0.2, 0.25) is 5.91 Å². The maximum atomic E-state index is 13.5. The summed E-state index contributed by atoms with van der Waals surface area (Å²) in [7, 11) is 1.62. The van der Waals surface area contributed by atoms with Gasteiger partial charge in [-0.25, -0.2) is 9.38 Å². The highest BCUT2D eigenvalue weighted by Gasteiger charge is 2.06. The minimum absolute atomic E-state index is 0.0176. The second-order valence-electron chi connectivity index (χ2n) is 7.00. The molecule has 0 aliphatic rings. The number of carbonyl (C=O) groups is 1. The monoisotopic (exact) mass is 425 g/mol. The van der Waals surface area contributed by atoms with Gasteiger partial charge >= 0.3 is 0 Å². The van der Waals surface area contributed by atoms with Crippen molar-refractivity contribution in [3.63, 3.8) is 0 Å². The summed E-state index contributed by atoms with van der Waals surface area (Å²) >= 11 is 0. The Bertz CT molecular complexity index is 1030. The lowest BCUT2D eigenvalue weighted by Crippen LogP contribution is -2.39. The van der Waals surface area contributed by atoms with Crippen LogP contribution in [0, 0.1) is 5.82 Å². The van der Waals surface area contributed by atoms with Crippen molar-refractivity contribution in [2.45, 2.75) is 19.9 Å². The number of ether oxygens (including phenoxy) is 1. The van der Waals surface area contributed by atoms with Crippen LogP contribution in [0.5, 0.6) is 5.75 Å². The number of hydrogen-bond donors (Lipinski definition) is 4. The van der Waals surface area contributed by atoms with Gasteiger partial charge in [0, 0.05) is 36.7 Å².